The fourth-order valence-corrected chi connectivity index (χ4v) is 3.31. The molecule has 1 aromatic carbocycles. The van der Waals surface area contributed by atoms with Crippen LogP contribution in [0.2, 0.25) is 0 Å². The van der Waals surface area contributed by atoms with E-state index in [9.17, 15) is 4.79 Å². The number of aromatic nitrogens is 5. The lowest BCUT2D eigenvalue weighted by molar-refractivity contribution is 0.0668. The van der Waals surface area contributed by atoms with Gasteiger partial charge < -0.3 is 14.2 Å². The summed E-state index contributed by atoms with van der Waals surface area (Å²) in [6, 6.07) is 7.33. The van der Waals surface area contributed by atoms with Crippen LogP contribution in [0.1, 0.15) is 35.1 Å². The molecule has 0 N–H and O–H groups in total. The molecule has 0 saturated carbocycles. The van der Waals surface area contributed by atoms with Crippen molar-refractivity contribution >= 4 is 5.91 Å². The van der Waals surface area contributed by atoms with Gasteiger partial charge in [0.1, 0.15) is 5.75 Å². The number of hydrogen-bond acceptors (Lipinski definition) is 7. The monoisotopic (exact) mass is 368 g/mol. The molecular weight excluding hydrogens is 348 g/mol. The highest BCUT2D eigenvalue weighted by atomic mass is 16.5. The summed E-state index contributed by atoms with van der Waals surface area (Å²) in [5, 5.41) is 12.2. The van der Waals surface area contributed by atoms with Gasteiger partial charge in [-0.15, -0.1) is 5.10 Å². The standard InChI is InChI=1S/C18H20N6O3/c1-12-19-17(21-27-12)15-11-24(22-20-15)13-6-5-9-23(10-13)18(25)14-7-3-4-8-16(14)26-2/h3-4,7-8,11,13H,5-6,9-10H2,1-2H3/t13-/m0/s1. The van der Waals surface area contributed by atoms with Gasteiger partial charge in [0.2, 0.25) is 11.7 Å². The molecular formula is C18H20N6O3. The minimum Gasteiger partial charge on any atom is -0.496 e. The maximum Gasteiger partial charge on any atom is 0.257 e. The van der Waals surface area contributed by atoms with Gasteiger partial charge in [0, 0.05) is 20.0 Å². The summed E-state index contributed by atoms with van der Waals surface area (Å²) >= 11 is 0. The molecule has 1 aliphatic heterocycles. The molecule has 0 bridgehead atoms. The van der Waals surface area contributed by atoms with Crippen LogP contribution in [-0.4, -0.2) is 56.1 Å². The van der Waals surface area contributed by atoms with Crippen LogP contribution in [0, 0.1) is 6.92 Å². The lowest BCUT2D eigenvalue weighted by atomic mass is 10.0. The Bertz CT molecular complexity index is 950. The Balaban J connectivity index is 1.51. The van der Waals surface area contributed by atoms with E-state index in [1.165, 1.54) is 0 Å². The highest BCUT2D eigenvalue weighted by Crippen LogP contribution is 2.26. The zero-order valence-corrected chi connectivity index (χ0v) is 15.2. The van der Waals surface area contributed by atoms with Crippen LogP contribution in [0.25, 0.3) is 11.5 Å². The van der Waals surface area contributed by atoms with Crippen molar-refractivity contribution in [3.05, 3.63) is 41.9 Å². The molecule has 0 spiro atoms. The van der Waals surface area contributed by atoms with Gasteiger partial charge in [0.15, 0.2) is 5.69 Å². The average Bonchev–Trinajstić information content (AvgIpc) is 3.36. The number of aryl methyl sites for hydroxylation is 1. The van der Waals surface area contributed by atoms with Gasteiger partial charge in [0.25, 0.3) is 5.91 Å². The maximum absolute atomic E-state index is 13.0. The Hall–Kier alpha value is -3.23. The quantitative estimate of drug-likeness (QED) is 0.695. The number of methoxy groups -OCH3 is 1. The van der Waals surface area contributed by atoms with Crippen molar-refractivity contribution in [3.8, 4) is 17.3 Å². The fraction of sp³-hybridized carbons (Fsp3) is 0.389. The van der Waals surface area contributed by atoms with E-state index in [1.807, 2.05) is 17.0 Å². The minimum absolute atomic E-state index is 0.0359. The van der Waals surface area contributed by atoms with Crippen LogP contribution in [0.5, 0.6) is 5.75 Å². The van der Waals surface area contributed by atoms with E-state index in [4.69, 9.17) is 9.26 Å². The number of nitrogens with zero attached hydrogens (tertiary/aromatic N) is 6. The van der Waals surface area contributed by atoms with Crippen molar-refractivity contribution in [2.24, 2.45) is 0 Å². The number of piperidine rings is 1. The molecule has 1 aliphatic rings. The highest BCUT2D eigenvalue weighted by Gasteiger charge is 2.28. The predicted molar refractivity (Wildman–Crippen MR) is 95.2 cm³/mol. The number of carbonyl (C=O) groups is 1. The number of para-hydroxylation sites is 1. The second-order valence-electron chi connectivity index (χ2n) is 6.47. The average molecular weight is 368 g/mol. The Labute approximate surface area is 155 Å². The van der Waals surface area contributed by atoms with Gasteiger partial charge in [-0.05, 0) is 25.0 Å². The van der Waals surface area contributed by atoms with E-state index in [2.05, 4.69) is 20.5 Å². The van der Waals surface area contributed by atoms with E-state index >= 15 is 0 Å². The van der Waals surface area contributed by atoms with Gasteiger partial charge in [-0.3, -0.25) is 4.79 Å². The highest BCUT2D eigenvalue weighted by molar-refractivity contribution is 5.97. The van der Waals surface area contributed by atoms with Crippen LogP contribution in [0.3, 0.4) is 0 Å². The Morgan fingerprint density at radius 2 is 2.19 bits per heavy atom. The topological polar surface area (TPSA) is 99.2 Å². The zero-order valence-electron chi connectivity index (χ0n) is 15.2. The van der Waals surface area contributed by atoms with Crippen molar-refractivity contribution < 1.29 is 14.1 Å². The second kappa shape index (κ2) is 7.18. The van der Waals surface area contributed by atoms with Gasteiger partial charge in [0.05, 0.1) is 24.9 Å². The Morgan fingerprint density at radius 1 is 1.33 bits per heavy atom. The summed E-state index contributed by atoms with van der Waals surface area (Å²) in [6.45, 7) is 2.99. The first-order chi connectivity index (χ1) is 13.2. The molecule has 1 amide bonds. The van der Waals surface area contributed by atoms with Crippen molar-refractivity contribution in [1.29, 1.82) is 0 Å². The number of benzene rings is 1. The lowest BCUT2D eigenvalue weighted by Crippen LogP contribution is -2.41. The van der Waals surface area contributed by atoms with E-state index in [0.29, 0.717) is 41.8 Å². The van der Waals surface area contributed by atoms with Crippen molar-refractivity contribution in [3.63, 3.8) is 0 Å². The van der Waals surface area contributed by atoms with Crippen molar-refractivity contribution in [1.82, 2.24) is 30.0 Å². The number of likely N-dealkylation sites (tertiary alicyclic amines) is 1. The molecule has 3 heterocycles. The number of hydrogen-bond donors (Lipinski definition) is 0. The fourth-order valence-electron chi connectivity index (χ4n) is 3.31. The molecule has 140 valence electrons. The molecule has 4 rings (SSSR count). The van der Waals surface area contributed by atoms with Gasteiger partial charge in [-0.2, -0.15) is 4.98 Å². The van der Waals surface area contributed by atoms with Gasteiger partial charge in [-0.25, -0.2) is 4.68 Å². The molecule has 1 fully saturated rings. The first kappa shape index (κ1) is 17.2. The molecule has 27 heavy (non-hydrogen) atoms. The summed E-state index contributed by atoms with van der Waals surface area (Å²) in [5.41, 5.74) is 1.13. The molecule has 0 radical (unpaired) electrons. The number of ether oxygens (including phenoxy) is 1. The van der Waals surface area contributed by atoms with Gasteiger partial charge >= 0.3 is 0 Å². The van der Waals surface area contributed by atoms with Crippen LogP contribution >= 0.6 is 0 Å². The van der Waals surface area contributed by atoms with Crippen molar-refractivity contribution in [2.45, 2.75) is 25.8 Å². The van der Waals surface area contributed by atoms with Crippen LogP contribution in [0.4, 0.5) is 0 Å². The second-order valence-corrected chi connectivity index (χ2v) is 6.47. The summed E-state index contributed by atoms with van der Waals surface area (Å²) in [7, 11) is 1.57. The van der Waals surface area contributed by atoms with Crippen molar-refractivity contribution in [2.75, 3.05) is 20.2 Å². The number of amides is 1. The molecule has 0 unspecified atom stereocenters. The summed E-state index contributed by atoms with van der Waals surface area (Å²) in [5.74, 6) is 1.44. The first-order valence-electron chi connectivity index (χ1n) is 8.80. The summed E-state index contributed by atoms with van der Waals surface area (Å²) in [6.07, 6.45) is 3.61. The normalized spacial score (nSPS) is 17.1. The molecule has 9 nitrogen and oxygen atoms in total. The molecule has 9 heteroatoms. The number of rotatable bonds is 4. The Kier molecular flexibility index (Phi) is 4.57. The third-order valence-corrected chi connectivity index (χ3v) is 4.66. The largest absolute Gasteiger partial charge is 0.496 e. The molecule has 2 aromatic heterocycles. The minimum atomic E-state index is -0.0359. The maximum atomic E-state index is 13.0. The van der Waals surface area contributed by atoms with E-state index in [-0.39, 0.29) is 11.9 Å². The summed E-state index contributed by atoms with van der Waals surface area (Å²) in [4.78, 5) is 19.0. The summed E-state index contributed by atoms with van der Waals surface area (Å²) < 4.78 is 12.1. The first-order valence-corrected chi connectivity index (χ1v) is 8.80. The predicted octanol–water partition coefficient (Wildman–Crippen LogP) is 2.12. The number of carbonyl (C=O) groups excluding carboxylic acids is 1. The Morgan fingerprint density at radius 3 is 2.96 bits per heavy atom. The van der Waals surface area contributed by atoms with Crippen LogP contribution < -0.4 is 4.74 Å². The zero-order chi connectivity index (χ0) is 18.8. The molecule has 3 aromatic rings. The third-order valence-electron chi connectivity index (χ3n) is 4.66. The SMILES string of the molecule is COc1ccccc1C(=O)N1CCC[C@H](n2cc(-c3noc(C)n3)nn2)C1. The molecule has 1 saturated heterocycles. The van der Waals surface area contributed by atoms with E-state index < -0.39 is 0 Å². The third kappa shape index (κ3) is 3.40. The van der Waals surface area contributed by atoms with Gasteiger partial charge in [-0.1, -0.05) is 22.5 Å². The smallest absolute Gasteiger partial charge is 0.257 e. The lowest BCUT2D eigenvalue weighted by Gasteiger charge is -2.32. The van der Waals surface area contributed by atoms with Crippen LogP contribution in [-0.2, 0) is 0 Å². The van der Waals surface area contributed by atoms with Crippen LogP contribution in [0.15, 0.2) is 35.0 Å². The van der Waals surface area contributed by atoms with E-state index in [1.54, 1.807) is 37.0 Å². The molecule has 0 aliphatic carbocycles. The molecule has 1 atom stereocenters. The van der Waals surface area contributed by atoms with E-state index in [0.717, 1.165) is 12.8 Å².